The normalized spacial score (nSPS) is 12.8. The van der Waals surface area contributed by atoms with Crippen LogP contribution in [0.25, 0.3) is 5.69 Å². The molecule has 0 saturated carbocycles. The lowest BCUT2D eigenvalue weighted by Gasteiger charge is -2.11. The molecule has 0 spiro atoms. The number of carbonyl (C=O) groups excluding carboxylic acids is 3. The van der Waals surface area contributed by atoms with Crippen LogP contribution in [0.15, 0.2) is 54.6 Å². The molecular weight excluding hydrogens is 380 g/mol. The second-order valence-electron chi connectivity index (χ2n) is 7.47. The zero-order valence-corrected chi connectivity index (χ0v) is 17.1. The molecule has 152 valence electrons. The fourth-order valence-electron chi connectivity index (χ4n) is 3.76. The average molecular weight is 402 g/mol. The molecule has 3 aromatic rings. The molecular formula is C24H22N2O4. The van der Waals surface area contributed by atoms with E-state index in [0.29, 0.717) is 11.1 Å². The maximum Gasteiger partial charge on any atom is 0.338 e. The van der Waals surface area contributed by atoms with Gasteiger partial charge in [0.15, 0.2) is 12.4 Å². The Morgan fingerprint density at radius 1 is 0.933 bits per heavy atom. The monoisotopic (exact) mass is 402 g/mol. The second kappa shape index (κ2) is 7.63. The SMILES string of the molecule is Cc1ccc(C)n1-c1ccc(C(=O)OCC(=O)c2ccc3c(c2)CC(=O)N3C)cc1. The number of nitrogens with zero attached hydrogens (tertiary/aromatic N) is 2. The molecule has 0 aliphatic carbocycles. The Balaban J connectivity index is 1.41. The molecule has 0 fully saturated rings. The molecule has 0 saturated heterocycles. The third-order valence-corrected chi connectivity index (χ3v) is 5.45. The number of esters is 1. The minimum Gasteiger partial charge on any atom is -0.454 e. The van der Waals surface area contributed by atoms with Crippen molar-refractivity contribution < 1.29 is 19.1 Å². The van der Waals surface area contributed by atoms with Gasteiger partial charge in [-0.3, -0.25) is 9.59 Å². The summed E-state index contributed by atoms with van der Waals surface area (Å²) in [6.07, 6.45) is 0.277. The van der Waals surface area contributed by atoms with E-state index < -0.39 is 5.97 Å². The van der Waals surface area contributed by atoms with Gasteiger partial charge in [-0.15, -0.1) is 0 Å². The molecule has 4 rings (SSSR count). The van der Waals surface area contributed by atoms with E-state index in [-0.39, 0.29) is 24.7 Å². The van der Waals surface area contributed by atoms with Crippen molar-refractivity contribution in [1.29, 1.82) is 0 Å². The Morgan fingerprint density at radius 2 is 1.57 bits per heavy atom. The standard InChI is InChI=1S/C24H22N2O4/c1-15-4-5-16(2)26(15)20-9-6-17(7-10-20)24(29)30-14-22(27)18-8-11-21-19(12-18)13-23(28)25(21)3/h4-12H,13-14H2,1-3H3. The van der Waals surface area contributed by atoms with Crippen molar-refractivity contribution in [3.05, 3.63) is 82.7 Å². The molecule has 6 heteroatoms. The Bertz CT molecular complexity index is 1140. The van der Waals surface area contributed by atoms with Crippen LogP contribution in [0.2, 0.25) is 0 Å². The molecule has 0 bridgehead atoms. The van der Waals surface area contributed by atoms with E-state index in [9.17, 15) is 14.4 Å². The van der Waals surface area contributed by atoms with E-state index in [1.54, 1.807) is 42.3 Å². The number of hydrogen-bond acceptors (Lipinski definition) is 4. The Hall–Kier alpha value is -3.67. The van der Waals surface area contributed by atoms with Gasteiger partial charge in [-0.05, 0) is 74.0 Å². The maximum atomic E-state index is 12.4. The molecule has 6 nitrogen and oxygen atoms in total. The van der Waals surface area contributed by atoms with E-state index in [4.69, 9.17) is 4.74 Å². The van der Waals surface area contributed by atoms with Crippen LogP contribution in [0.4, 0.5) is 5.69 Å². The van der Waals surface area contributed by atoms with E-state index in [1.807, 2.05) is 38.1 Å². The lowest BCUT2D eigenvalue weighted by Crippen LogP contribution is -2.20. The number of amides is 1. The summed E-state index contributed by atoms with van der Waals surface area (Å²) in [5, 5.41) is 0. The smallest absolute Gasteiger partial charge is 0.338 e. The number of likely N-dealkylation sites (N-methyl/N-ethyl adjacent to an activating group) is 1. The van der Waals surface area contributed by atoms with Gasteiger partial charge in [-0.1, -0.05) is 0 Å². The van der Waals surface area contributed by atoms with E-state index in [1.165, 1.54) is 0 Å². The minimum absolute atomic E-state index is 0.00484. The quantitative estimate of drug-likeness (QED) is 0.483. The molecule has 1 aliphatic heterocycles. The van der Waals surface area contributed by atoms with Crippen LogP contribution in [0, 0.1) is 13.8 Å². The fraction of sp³-hybridized carbons (Fsp3) is 0.208. The third kappa shape index (κ3) is 3.52. The van der Waals surface area contributed by atoms with Crippen LogP contribution >= 0.6 is 0 Å². The van der Waals surface area contributed by atoms with Crippen molar-refractivity contribution >= 4 is 23.3 Å². The van der Waals surface area contributed by atoms with E-state index in [0.717, 1.165) is 28.3 Å². The molecule has 2 aromatic carbocycles. The number of Topliss-reactive ketones (excluding diaryl/α,β-unsaturated/α-hetero) is 1. The maximum absolute atomic E-state index is 12.4. The highest BCUT2D eigenvalue weighted by molar-refractivity contribution is 6.04. The predicted molar refractivity (Wildman–Crippen MR) is 113 cm³/mol. The lowest BCUT2D eigenvalue weighted by molar-refractivity contribution is -0.117. The van der Waals surface area contributed by atoms with Gasteiger partial charge in [0.2, 0.25) is 5.91 Å². The number of ketones is 1. The summed E-state index contributed by atoms with van der Waals surface area (Å²) in [7, 11) is 1.71. The van der Waals surface area contributed by atoms with Crippen LogP contribution in [0.1, 0.15) is 37.7 Å². The van der Waals surface area contributed by atoms with Crippen LogP contribution in [0.5, 0.6) is 0 Å². The molecule has 0 N–H and O–H groups in total. The van der Waals surface area contributed by atoms with Gasteiger partial charge in [0.1, 0.15) is 0 Å². The van der Waals surface area contributed by atoms with Gasteiger partial charge >= 0.3 is 5.97 Å². The van der Waals surface area contributed by atoms with Crippen molar-refractivity contribution in [3.63, 3.8) is 0 Å². The van der Waals surface area contributed by atoms with Gasteiger partial charge < -0.3 is 14.2 Å². The fourth-order valence-corrected chi connectivity index (χ4v) is 3.76. The van der Waals surface area contributed by atoms with Gasteiger partial charge in [0.05, 0.1) is 12.0 Å². The first-order chi connectivity index (χ1) is 14.3. The van der Waals surface area contributed by atoms with Gasteiger partial charge in [-0.2, -0.15) is 0 Å². The molecule has 0 unspecified atom stereocenters. The number of aryl methyl sites for hydroxylation is 2. The summed E-state index contributed by atoms with van der Waals surface area (Å²) in [5.41, 5.74) is 5.60. The molecule has 1 aliphatic rings. The van der Waals surface area contributed by atoms with Crippen molar-refractivity contribution in [3.8, 4) is 5.69 Å². The lowest BCUT2D eigenvalue weighted by atomic mass is 10.1. The molecule has 0 atom stereocenters. The third-order valence-electron chi connectivity index (χ3n) is 5.45. The summed E-state index contributed by atoms with van der Waals surface area (Å²) in [4.78, 5) is 38.2. The van der Waals surface area contributed by atoms with Crippen molar-refractivity contribution in [2.45, 2.75) is 20.3 Å². The van der Waals surface area contributed by atoms with Gasteiger partial charge in [0, 0.05) is 35.4 Å². The van der Waals surface area contributed by atoms with Crippen molar-refractivity contribution in [1.82, 2.24) is 4.57 Å². The van der Waals surface area contributed by atoms with Crippen LogP contribution in [0.3, 0.4) is 0 Å². The topological polar surface area (TPSA) is 68.6 Å². The Labute approximate surface area is 174 Å². The number of benzene rings is 2. The largest absolute Gasteiger partial charge is 0.454 e. The highest BCUT2D eigenvalue weighted by Crippen LogP contribution is 2.28. The predicted octanol–water partition coefficient (Wildman–Crippen LogP) is 3.65. The first kappa shape index (κ1) is 19.6. The summed E-state index contributed by atoms with van der Waals surface area (Å²) in [6.45, 7) is 3.69. The first-order valence-corrected chi connectivity index (χ1v) is 9.70. The molecule has 1 aromatic heterocycles. The number of carbonyl (C=O) groups is 3. The van der Waals surface area contributed by atoms with Crippen molar-refractivity contribution in [2.24, 2.45) is 0 Å². The zero-order valence-electron chi connectivity index (χ0n) is 17.1. The second-order valence-corrected chi connectivity index (χ2v) is 7.47. The molecule has 1 amide bonds. The number of hydrogen-bond donors (Lipinski definition) is 0. The van der Waals surface area contributed by atoms with Crippen LogP contribution in [-0.4, -0.2) is 35.9 Å². The Kier molecular flexibility index (Phi) is 4.99. The number of aromatic nitrogens is 1. The van der Waals surface area contributed by atoms with Crippen LogP contribution in [-0.2, 0) is 16.0 Å². The number of anilines is 1. The highest BCUT2D eigenvalue weighted by Gasteiger charge is 2.25. The minimum atomic E-state index is -0.549. The van der Waals surface area contributed by atoms with Gasteiger partial charge in [0.25, 0.3) is 0 Å². The van der Waals surface area contributed by atoms with E-state index in [2.05, 4.69) is 4.57 Å². The van der Waals surface area contributed by atoms with Crippen LogP contribution < -0.4 is 4.90 Å². The number of fused-ring (bicyclic) bond motifs is 1. The molecule has 30 heavy (non-hydrogen) atoms. The summed E-state index contributed by atoms with van der Waals surface area (Å²) in [6, 6.07) is 16.3. The summed E-state index contributed by atoms with van der Waals surface area (Å²) < 4.78 is 7.30. The first-order valence-electron chi connectivity index (χ1n) is 9.70. The molecule has 0 radical (unpaired) electrons. The summed E-state index contributed by atoms with van der Waals surface area (Å²) in [5.74, 6) is -0.856. The Morgan fingerprint density at radius 3 is 2.23 bits per heavy atom. The summed E-state index contributed by atoms with van der Waals surface area (Å²) >= 11 is 0. The highest BCUT2D eigenvalue weighted by atomic mass is 16.5. The number of ether oxygens (including phenoxy) is 1. The van der Waals surface area contributed by atoms with Gasteiger partial charge in [-0.25, -0.2) is 4.79 Å². The number of rotatable bonds is 5. The van der Waals surface area contributed by atoms with E-state index >= 15 is 0 Å². The van der Waals surface area contributed by atoms with Crippen molar-refractivity contribution in [2.75, 3.05) is 18.6 Å². The average Bonchev–Trinajstić information content (AvgIpc) is 3.23. The molecule has 2 heterocycles. The zero-order chi connectivity index (χ0) is 21.4.